The van der Waals surface area contributed by atoms with Crippen LogP contribution >= 0.6 is 0 Å². The predicted molar refractivity (Wildman–Crippen MR) is 139 cm³/mol. The zero-order valence-electron chi connectivity index (χ0n) is 20.1. The van der Waals surface area contributed by atoms with Crippen LogP contribution in [-0.2, 0) is 10.8 Å². The molecule has 4 nitrogen and oxygen atoms in total. The minimum atomic E-state index is -0.327. The lowest BCUT2D eigenvalue weighted by atomic mass is 9.68. The van der Waals surface area contributed by atoms with Gasteiger partial charge >= 0.3 is 0 Å². The number of hydrogen-bond acceptors (Lipinski definition) is 4. The summed E-state index contributed by atoms with van der Waals surface area (Å²) in [5, 5.41) is 39.3. The third kappa shape index (κ3) is 5.12. The van der Waals surface area contributed by atoms with Crippen molar-refractivity contribution in [3.8, 4) is 23.0 Å². The van der Waals surface area contributed by atoms with Crippen molar-refractivity contribution >= 4 is 0 Å². The van der Waals surface area contributed by atoms with Crippen LogP contribution in [0.3, 0.4) is 0 Å². The van der Waals surface area contributed by atoms with Gasteiger partial charge in [-0.25, -0.2) is 0 Å². The van der Waals surface area contributed by atoms with E-state index in [2.05, 4.69) is 13.8 Å². The van der Waals surface area contributed by atoms with E-state index in [1.165, 1.54) is 0 Å². The van der Waals surface area contributed by atoms with Gasteiger partial charge in [-0.2, -0.15) is 0 Å². The summed E-state index contributed by atoms with van der Waals surface area (Å²) in [7, 11) is 0. The van der Waals surface area contributed by atoms with Crippen LogP contribution in [-0.4, -0.2) is 20.4 Å². The van der Waals surface area contributed by atoms with Crippen molar-refractivity contribution in [1.29, 1.82) is 0 Å². The first-order valence-electron chi connectivity index (χ1n) is 11.9. The van der Waals surface area contributed by atoms with E-state index in [1.54, 1.807) is 48.5 Å². The number of aromatic hydroxyl groups is 4. The summed E-state index contributed by atoms with van der Waals surface area (Å²) in [6.45, 7) is 4.40. The molecule has 4 heteroatoms. The van der Waals surface area contributed by atoms with E-state index in [0.29, 0.717) is 0 Å². The number of phenolic OH excluding ortho intramolecular Hbond substituents is 4. The van der Waals surface area contributed by atoms with Crippen LogP contribution in [0.2, 0.25) is 0 Å². The van der Waals surface area contributed by atoms with Crippen molar-refractivity contribution in [2.75, 3.05) is 0 Å². The molecule has 4 aromatic carbocycles. The molecule has 0 spiro atoms. The van der Waals surface area contributed by atoms with Crippen molar-refractivity contribution in [3.05, 3.63) is 119 Å². The highest BCUT2D eigenvalue weighted by Gasteiger charge is 2.33. The standard InChI is InChI=1S/C31H32O4/c1-30(22-4-12-26(32)13-5-22,23-6-14-27(33)15-7-23)20-3-21-31(2,24-8-16-28(34)17-9-24)25-10-18-29(35)19-11-25/h4-19,32-35H,3,20-21H2,1-2H3. The molecule has 0 amide bonds. The summed E-state index contributed by atoms with van der Waals surface area (Å²) in [5.41, 5.74) is 3.72. The van der Waals surface area contributed by atoms with Crippen LogP contribution in [0, 0.1) is 0 Å². The summed E-state index contributed by atoms with van der Waals surface area (Å²) >= 11 is 0. The highest BCUT2D eigenvalue weighted by atomic mass is 16.3. The second-order valence-electron chi connectivity index (χ2n) is 9.71. The SMILES string of the molecule is CC(CCCC(C)(c1ccc(O)cc1)c1ccc(O)cc1)(c1ccc(O)cc1)c1ccc(O)cc1. The highest BCUT2D eigenvalue weighted by Crippen LogP contribution is 2.42. The molecule has 0 unspecified atom stereocenters. The number of hydrogen-bond donors (Lipinski definition) is 4. The molecule has 0 radical (unpaired) electrons. The van der Waals surface area contributed by atoms with E-state index in [1.807, 2.05) is 48.5 Å². The fourth-order valence-electron chi connectivity index (χ4n) is 5.02. The van der Waals surface area contributed by atoms with Gasteiger partial charge in [0.05, 0.1) is 0 Å². The normalized spacial score (nSPS) is 11.9. The molecule has 0 aliphatic carbocycles. The quantitative estimate of drug-likeness (QED) is 0.225. The van der Waals surface area contributed by atoms with E-state index in [-0.39, 0.29) is 33.8 Å². The lowest BCUT2D eigenvalue weighted by Crippen LogP contribution is -2.27. The van der Waals surface area contributed by atoms with E-state index >= 15 is 0 Å². The molecule has 4 aromatic rings. The second-order valence-corrected chi connectivity index (χ2v) is 9.71. The molecule has 4 N–H and O–H groups in total. The Labute approximate surface area is 206 Å². The van der Waals surface area contributed by atoms with Crippen molar-refractivity contribution in [2.24, 2.45) is 0 Å². The Hall–Kier alpha value is -3.92. The topological polar surface area (TPSA) is 80.9 Å². The van der Waals surface area contributed by atoms with Crippen LogP contribution in [0.15, 0.2) is 97.1 Å². The van der Waals surface area contributed by atoms with Gasteiger partial charge in [-0.15, -0.1) is 0 Å². The average molecular weight is 469 g/mol. The number of phenols is 4. The molecule has 35 heavy (non-hydrogen) atoms. The van der Waals surface area contributed by atoms with Gasteiger partial charge in [0.15, 0.2) is 0 Å². The third-order valence-corrected chi connectivity index (χ3v) is 7.37. The summed E-state index contributed by atoms with van der Waals surface area (Å²) in [6, 6.07) is 29.4. The minimum Gasteiger partial charge on any atom is -0.508 e. The van der Waals surface area contributed by atoms with E-state index in [0.717, 1.165) is 41.5 Å². The van der Waals surface area contributed by atoms with Crippen LogP contribution < -0.4 is 0 Å². The molecule has 0 fully saturated rings. The molecule has 0 atom stereocenters. The lowest BCUT2D eigenvalue weighted by molar-refractivity contribution is 0.422. The van der Waals surface area contributed by atoms with Crippen LogP contribution in [0.1, 0.15) is 55.4 Å². The third-order valence-electron chi connectivity index (χ3n) is 7.37. The molecule has 0 saturated heterocycles. The zero-order chi connectivity index (χ0) is 25.1. The monoisotopic (exact) mass is 468 g/mol. The molecular formula is C31H32O4. The summed E-state index contributed by atoms with van der Waals surface area (Å²) in [6.07, 6.45) is 2.57. The highest BCUT2D eigenvalue weighted by molar-refractivity contribution is 5.44. The van der Waals surface area contributed by atoms with E-state index < -0.39 is 0 Å². The van der Waals surface area contributed by atoms with Gasteiger partial charge in [-0.05, 0) is 83.6 Å². The fraction of sp³-hybridized carbons (Fsp3) is 0.226. The van der Waals surface area contributed by atoms with Crippen molar-refractivity contribution < 1.29 is 20.4 Å². The minimum absolute atomic E-state index is 0.231. The molecule has 4 rings (SSSR count). The predicted octanol–water partition coefficient (Wildman–Crippen LogP) is 6.99. The van der Waals surface area contributed by atoms with Crippen molar-refractivity contribution in [1.82, 2.24) is 0 Å². The summed E-state index contributed by atoms with van der Waals surface area (Å²) in [4.78, 5) is 0. The second kappa shape index (κ2) is 9.75. The number of rotatable bonds is 8. The van der Waals surface area contributed by atoms with Gasteiger partial charge < -0.3 is 20.4 Å². The average Bonchev–Trinajstić information content (AvgIpc) is 2.85. The van der Waals surface area contributed by atoms with Gasteiger partial charge in [0.25, 0.3) is 0 Å². The number of benzene rings is 4. The maximum absolute atomic E-state index is 9.83. The molecule has 0 saturated carbocycles. The maximum Gasteiger partial charge on any atom is 0.115 e. The molecule has 180 valence electrons. The van der Waals surface area contributed by atoms with Crippen molar-refractivity contribution in [3.63, 3.8) is 0 Å². The van der Waals surface area contributed by atoms with Gasteiger partial charge in [-0.3, -0.25) is 0 Å². The zero-order valence-corrected chi connectivity index (χ0v) is 20.1. The smallest absolute Gasteiger partial charge is 0.115 e. The largest absolute Gasteiger partial charge is 0.508 e. The molecule has 0 aliphatic heterocycles. The van der Waals surface area contributed by atoms with E-state index in [9.17, 15) is 20.4 Å². The Morgan fingerprint density at radius 1 is 0.400 bits per heavy atom. The Morgan fingerprint density at radius 2 is 0.600 bits per heavy atom. The maximum atomic E-state index is 9.83. The Balaban J connectivity index is 1.67. The first-order chi connectivity index (χ1) is 16.7. The summed E-state index contributed by atoms with van der Waals surface area (Å²) < 4.78 is 0. The molecule has 0 aliphatic rings. The van der Waals surface area contributed by atoms with Gasteiger partial charge in [0.2, 0.25) is 0 Å². The molecular weight excluding hydrogens is 436 g/mol. The molecule has 0 aromatic heterocycles. The summed E-state index contributed by atoms with van der Waals surface area (Å²) in [5.74, 6) is 0.922. The molecule has 0 bridgehead atoms. The first-order valence-corrected chi connectivity index (χ1v) is 11.9. The van der Waals surface area contributed by atoms with Crippen LogP contribution in [0.4, 0.5) is 0 Å². The van der Waals surface area contributed by atoms with Gasteiger partial charge in [0, 0.05) is 10.8 Å². The Bertz CT molecular complexity index is 1050. The Kier molecular flexibility index (Phi) is 6.74. The Morgan fingerprint density at radius 3 is 0.800 bits per heavy atom. The van der Waals surface area contributed by atoms with Crippen molar-refractivity contribution in [2.45, 2.75) is 43.9 Å². The van der Waals surface area contributed by atoms with E-state index in [4.69, 9.17) is 0 Å². The van der Waals surface area contributed by atoms with Gasteiger partial charge in [0.1, 0.15) is 23.0 Å². The molecule has 0 heterocycles. The van der Waals surface area contributed by atoms with Crippen LogP contribution in [0.5, 0.6) is 23.0 Å². The first kappa shape index (κ1) is 24.2. The van der Waals surface area contributed by atoms with Gasteiger partial charge in [-0.1, -0.05) is 68.8 Å². The lowest BCUT2D eigenvalue weighted by Gasteiger charge is -2.35. The van der Waals surface area contributed by atoms with Crippen LogP contribution in [0.25, 0.3) is 0 Å². The fourth-order valence-corrected chi connectivity index (χ4v) is 5.02.